The molecule has 0 aliphatic heterocycles. The average Bonchev–Trinajstić information content (AvgIpc) is 3.07. The molecule has 0 bridgehead atoms. The molecular weight excluding hydrogens is 348 g/mol. The van der Waals surface area contributed by atoms with Gasteiger partial charge in [0.15, 0.2) is 0 Å². The summed E-state index contributed by atoms with van der Waals surface area (Å²) in [7, 11) is 0. The fourth-order valence-electron chi connectivity index (χ4n) is 5.50. The zero-order chi connectivity index (χ0) is 20.5. The molecule has 3 aromatic carbocycles. The molecule has 0 heterocycles. The van der Waals surface area contributed by atoms with Gasteiger partial charge in [-0.1, -0.05) is 82.9 Å². The number of allylic oxidation sites excluding steroid dienone is 4. The third-order valence-corrected chi connectivity index (χ3v) is 6.67. The third-order valence-electron chi connectivity index (χ3n) is 6.67. The van der Waals surface area contributed by atoms with Crippen LogP contribution in [0.2, 0.25) is 0 Å². The minimum Gasteiger partial charge on any atom is -0.0761 e. The molecule has 2 aliphatic rings. The molecule has 0 saturated heterocycles. The van der Waals surface area contributed by atoms with Crippen LogP contribution in [0.25, 0.3) is 16.7 Å². The Morgan fingerprint density at radius 3 is 1.48 bits per heavy atom. The van der Waals surface area contributed by atoms with E-state index < -0.39 is 0 Å². The van der Waals surface area contributed by atoms with E-state index in [1.807, 2.05) is 0 Å². The van der Waals surface area contributed by atoms with Gasteiger partial charge in [0.25, 0.3) is 0 Å². The summed E-state index contributed by atoms with van der Waals surface area (Å²) in [5, 5.41) is 0. The lowest BCUT2D eigenvalue weighted by Crippen LogP contribution is -2.27. The second kappa shape index (κ2) is 6.07. The Morgan fingerprint density at radius 1 is 0.621 bits per heavy atom. The zero-order valence-corrected chi connectivity index (χ0v) is 18.3. The molecule has 0 N–H and O–H groups in total. The van der Waals surface area contributed by atoms with Crippen LogP contribution >= 0.6 is 0 Å². The van der Waals surface area contributed by atoms with Crippen molar-refractivity contribution in [3.8, 4) is 11.1 Å². The largest absolute Gasteiger partial charge is 0.0761 e. The van der Waals surface area contributed by atoms with Crippen LogP contribution in [0.4, 0.5) is 0 Å². The van der Waals surface area contributed by atoms with Crippen LogP contribution in [0, 0.1) is 20.8 Å². The molecule has 144 valence electrons. The molecule has 5 rings (SSSR count). The van der Waals surface area contributed by atoms with Gasteiger partial charge in [0.1, 0.15) is 0 Å². The summed E-state index contributed by atoms with van der Waals surface area (Å²) in [5.41, 5.74) is 16.4. The minimum atomic E-state index is -0.217. The van der Waals surface area contributed by atoms with Gasteiger partial charge in [0, 0.05) is 0 Å². The molecule has 1 spiro atoms. The number of rotatable bonds is 1. The van der Waals surface area contributed by atoms with E-state index in [2.05, 4.69) is 102 Å². The van der Waals surface area contributed by atoms with E-state index >= 15 is 0 Å². The van der Waals surface area contributed by atoms with Crippen molar-refractivity contribution in [2.45, 2.75) is 47.0 Å². The molecule has 0 unspecified atom stereocenters. The van der Waals surface area contributed by atoms with Crippen LogP contribution in [0.1, 0.15) is 59.7 Å². The van der Waals surface area contributed by atoms with Crippen molar-refractivity contribution in [3.05, 3.63) is 111 Å². The van der Waals surface area contributed by atoms with E-state index in [0.29, 0.717) is 0 Å². The van der Waals surface area contributed by atoms with E-state index in [4.69, 9.17) is 0 Å². The lowest BCUT2D eigenvalue weighted by molar-refractivity contribution is 0.781. The van der Waals surface area contributed by atoms with Gasteiger partial charge in [-0.2, -0.15) is 0 Å². The monoisotopic (exact) mass is 376 g/mol. The van der Waals surface area contributed by atoms with E-state index in [-0.39, 0.29) is 5.41 Å². The highest BCUT2D eigenvalue weighted by atomic mass is 14.5. The van der Waals surface area contributed by atoms with Gasteiger partial charge in [-0.05, 0) is 86.1 Å². The Bertz CT molecular complexity index is 1190. The van der Waals surface area contributed by atoms with Crippen LogP contribution < -0.4 is 0 Å². The van der Waals surface area contributed by atoms with E-state index in [1.54, 1.807) is 0 Å². The number of hydrogen-bond donors (Lipinski definition) is 0. The third kappa shape index (κ3) is 2.32. The smallest absolute Gasteiger partial charge is 0.0722 e. The van der Waals surface area contributed by atoms with Crippen LogP contribution in [-0.4, -0.2) is 0 Å². The highest BCUT2D eigenvalue weighted by Crippen LogP contribution is 2.62. The maximum absolute atomic E-state index is 2.42. The van der Waals surface area contributed by atoms with Gasteiger partial charge in [0.05, 0.1) is 5.41 Å². The van der Waals surface area contributed by atoms with Crippen molar-refractivity contribution < 1.29 is 0 Å². The number of hydrogen-bond acceptors (Lipinski definition) is 0. The molecule has 0 radical (unpaired) electrons. The summed E-state index contributed by atoms with van der Waals surface area (Å²) in [6, 6.07) is 21.0. The summed E-state index contributed by atoms with van der Waals surface area (Å²) in [6.07, 6.45) is 2.42. The number of fused-ring (bicyclic) bond motifs is 7. The van der Waals surface area contributed by atoms with Gasteiger partial charge in [-0.3, -0.25) is 0 Å². The highest BCUT2D eigenvalue weighted by Gasteiger charge is 2.51. The molecule has 29 heavy (non-hydrogen) atoms. The fraction of sp³-hybridized carbons (Fsp3) is 0.241. The summed E-state index contributed by atoms with van der Waals surface area (Å²) in [6.45, 7) is 13.4. The first-order valence-electron chi connectivity index (χ1n) is 10.5. The lowest BCUT2D eigenvalue weighted by atomic mass is 9.68. The van der Waals surface area contributed by atoms with Crippen LogP contribution in [0.3, 0.4) is 0 Å². The Labute approximate surface area is 174 Å². The SMILES string of the molecule is CC(C)=CC1=C(C)c2ccc(C)cc2C12c1cc(C)ccc1-c1ccc(C)cc12. The molecule has 2 aliphatic carbocycles. The fourth-order valence-corrected chi connectivity index (χ4v) is 5.50. The number of aryl methyl sites for hydroxylation is 3. The summed E-state index contributed by atoms with van der Waals surface area (Å²) in [5.74, 6) is 0. The quantitative estimate of drug-likeness (QED) is 0.408. The Morgan fingerprint density at radius 2 is 1.03 bits per heavy atom. The van der Waals surface area contributed by atoms with Gasteiger partial charge in [-0.25, -0.2) is 0 Å². The minimum absolute atomic E-state index is 0.217. The topological polar surface area (TPSA) is 0 Å². The van der Waals surface area contributed by atoms with Gasteiger partial charge >= 0.3 is 0 Å². The molecule has 0 amide bonds. The first-order chi connectivity index (χ1) is 13.8. The highest BCUT2D eigenvalue weighted by molar-refractivity contribution is 5.95. The maximum atomic E-state index is 2.42. The summed E-state index contributed by atoms with van der Waals surface area (Å²) in [4.78, 5) is 0. The molecule has 0 nitrogen and oxygen atoms in total. The molecule has 0 aromatic heterocycles. The van der Waals surface area contributed by atoms with Crippen molar-refractivity contribution in [2.24, 2.45) is 0 Å². The van der Waals surface area contributed by atoms with Crippen molar-refractivity contribution >= 4 is 5.57 Å². The second-order valence-corrected chi connectivity index (χ2v) is 9.16. The first-order valence-corrected chi connectivity index (χ1v) is 10.5. The molecule has 3 aromatic rings. The van der Waals surface area contributed by atoms with E-state index in [1.165, 1.54) is 66.8 Å². The van der Waals surface area contributed by atoms with Crippen molar-refractivity contribution in [1.29, 1.82) is 0 Å². The molecular formula is C29H28. The Kier molecular flexibility index (Phi) is 3.80. The van der Waals surface area contributed by atoms with Crippen molar-refractivity contribution in [1.82, 2.24) is 0 Å². The molecule has 0 saturated carbocycles. The van der Waals surface area contributed by atoms with E-state index in [9.17, 15) is 0 Å². The molecule has 0 atom stereocenters. The maximum Gasteiger partial charge on any atom is 0.0722 e. The zero-order valence-electron chi connectivity index (χ0n) is 18.3. The number of benzene rings is 3. The second-order valence-electron chi connectivity index (χ2n) is 9.16. The average molecular weight is 377 g/mol. The summed E-state index contributed by atoms with van der Waals surface area (Å²) >= 11 is 0. The normalized spacial score (nSPS) is 15.4. The van der Waals surface area contributed by atoms with E-state index in [0.717, 1.165) is 0 Å². The molecule has 0 heteroatoms. The van der Waals surface area contributed by atoms with Gasteiger partial charge < -0.3 is 0 Å². The van der Waals surface area contributed by atoms with Crippen molar-refractivity contribution in [2.75, 3.05) is 0 Å². The summed E-state index contributed by atoms with van der Waals surface area (Å²) < 4.78 is 0. The first kappa shape index (κ1) is 18.2. The van der Waals surface area contributed by atoms with Gasteiger partial charge in [0.2, 0.25) is 0 Å². The van der Waals surface area contributed by atoms with Crippen LogP contribution in [0.5, 0.6) is 0 Å². The molecule has 0 fully saturated rings. The van der Waals surface area contributed by atoms with Crippen LogP contribution in [-0.2, 0) is 5.41 Å². The van der Waals surface area contributed by atoms with Crippen molar-refractivity contribution in [3.63, 3.8) is 0 Å². The van der Waals surface area contributed by atoms with Crippen LogP contribution in [0.15, 0.2) is 71.8 Å². The lowest BCUT2D eigenvalue weighted by Gasteiger charge is -2.32. The Balaban J connectivity index is 2.03. The predicted octanol–water partition coefficient (Wildman–Crippen LogP) is 7.68. The predicted molar refractivity (Wildman–Crippen MR) is 124 cm³/mol. The van der Waals surface area contributed by atoms with Gasteiger partial charge in [-0.15, -0.1) is 0 Å². The standard InChI is InChI=1S/C29H28/c1-17(2)13-25-21(6)22-10-7-18(3)14-26(22)29(25)27-15-19(4)8-11-23(27)24-12-9-20(5)16-28(24)29/h7-16H,1-6H3. The Hall–Kier alpha value is -2.86.